The lowest BCUT2D eigenvalue weighted by molar-refractivity contribution is 0.468. The minimum Gasteiger partial charge on any atom is -0.440 e. The van der Waals surface area contributed by atoms with Crippen molar-refractivity contribution >= 4 is 63.3 Å². The zero-order valence-electron chi connectivity index (χ0n) is 26.9. The molecule has 0 saturated carbocycles. The Balaban J connectivity index is 1.16. The molecule has 4 aliphatic heterocycles. The summed E-state index contributed by atoms with van der Waals surface area (Å²) in [6, 6.07) is 45.1. The molecule has 0 saturated heterocycles. The predicted octanol–water partition coefficient (Wildman–Crippen LogP) is 5.77. The number of fused-ring (bicyclic) bond motifs is 8. The number of pyridine rings is 2. The smallest absolute Gasteiger partial charge is 0.258 e. The van der Waals surface area contributed by atoms with Crippen molar-refractivity contribution in [2.45, 2.75) is 13.8 Å². The van der Waals surface area contributed by atoms with Gasteiger partial charge in [0.1, 0.15) is 11.5 Å². The molecule has 4 aliphatic rings. The van der Waals surface area contributed by atoms with Crippen LogP contribution in [-0.2, 0) is 0 Å². The molecule has 0 fully saturated rings. The summed E-state index contributed by atoms with van der Waals surface area (Å²) in [6.45, 7) is 4.24. The molecule has 0 radical (unpaired) electrons. The molecule has 0 spiro atoms. The number of rotatable bonds is 2. The van der Waals surface area contributed by atoms with Crippen LogP contribution in [0.15, 0.2) is 127 Å². The van der Waals surface area contributed by atoms with Gasteiger partial charge in [-0.25, -0.2) is 9.97 Å². The van der Waals surface area contributed by atoms with Crippen LogP contribution in [0.25, 0.3) is 22.5 Å². The summed E-state index contributed by atoms with van der Waals surface area (Å²) < 4.78 is 13.5. The topological polar surface area (TPSA) is 47.5 Å². The highest BCUT2D eigenvalue weighted by Crippen LogP contribution is 2.44. The Morgan fingerprint density at radius 1 is 0.490 bits per heavy atom. The summed E-state index contributed by atoms with van der Waals surface area (Å²) in [5.41, 5.74) is 16.8. The van der Waals surface area contributed by atoms with Crippen LogP contribution in [0.1, 0.15) is 11.1 Å². The van der Waals surface area contributed by atoms with E-state index >= 15 is 0 Å². The fourth-order valence-corrected chi connectivity index (χ4v) is 8.50. The maximum Gasteiger partial charge on any atom is 0.258 e. The normalized spacial score (nSPS) is 13.7. The fraction of sp³-hybridized carbons (Fsp3) is 0.0476. The van der Waals surface area contributed by atoms with Gasteiger partial charge in [0.2, 0.25) is 11.8 Å². The van der Waals surface area contributed by atoms with E-state index < -0.39 is 0 Å². The van der Waals surface area contributed by atoms with Crippen molar-refractivity contribution in [2.75, 3.05) is 4.90 Å². The Hall–Kier alpha value is -6.07. The average molecular weight is 627 g/mol. The largest absolute Gasteiger partial charge is 0.440 e. The molecule has 49 heavy (non-hydrogen) atoms. The zero-order valence-corrected chi connectivity index (χ0v) is 26.9. The molecule has 0 bridgehead atoms. The van der Waals surface area contributed by atoms with Gasteiger partial charge >= 0.3 is 0 Å². The molecule has 0 amide bonds. The van der Waals surface area contributed by atoms with E-state index in [0.29, 0.717) is 11.8 Å². The standard InChI is InChI=1S/C42H27B2N3O2/c1-24-20-34-38-36(22-24)48-41-30(16-18-32(45-41)26-10-5-3-6-11-26)43(38)28-14-9-15-29-40(28)47(34)35-21-25(2)23-37-39(35)44(29)31-17-19-33(46-42(31)49-37)27-12-7-4-8-13-27/h3-23H,1-2H3. The first-order valence-electron chi connectivity index (χ1n) is 16.8. The van der Waals surface area contributed by atoms with E-state index in [1.54, 1.807) is 0 Å². The van der Waals surface area contributed by atoms with E-state index in [1.807, 2.05) is 36.4 Å². The van der Waals surface area contributed by atoms with Crippen LogP contribution in [0, 0.1) is 13.8 Å². The maximum atomic E-state index is 6.74. The van der Waals surface area contributed by atoms with Crippen molar-refractivity contribution in [3.8, 4) is 45.8 Å². The van der Waals surface area contributed by atoms with Crippen LogP contribution in [0.4, 0.5) is 17.1 Å². The molecule has 5 aromatic carbocycles. The van der Waals surface area contributed by atoms with E-state index in [2.05, 4.69) is 110 Å². The van der Waals surface area contributed by atoms with Gasteiger partial charge in [-0.05, 0) is 94.1 Å². The second-order valence-electron chi connectivity index (χ2n) is 13.5. The molecular formula is C42H27B2N3O2. The molecule has 11 rings (SSSR count). The fourth-order valence-electron chi connectivity index (χ4n) is 8.50. The molecular weight excluding hydrogens is 600 g/mol. The predicted molar refractivity (Wildman–Crippen MR) is 199 cm³/mol. The van der Waals surface area contributed by atoms with Gasteiger partial charge < -0.3 is 14.4 Å². The number of benzene rings is 5. The van der Waals surface area contributed by atoms with E-state index in [9.17, 15) is 0 Å². The number of nitrogens with zero attached hydrogens (tertiary/aromatic N) is 3. The van der Waals surface area contributed by atoms with Gasteiger partial charge in [-0.3, -0.25) is 0 Å². The number of hydrogen-bond donors (Lipinski definition) is 0. The van der Waals surface area contributed by atoms with E-state index in [1.165, 1.54) is 27.5 Å². The Morgan fingerprint density at radius 2 is 0.959 bits per heavy atom. The van der Waals surface area contributed by atoms with Crippen LogP contribution in [0.5, 0.6) is 23.3 Å². The number of para-hydroxylation sites is 1. The summed E-state index contributed by atoms with van der Waals surface area (Å²) in [5, 5.41) is 0. The highest BCUT2D eigenvalue weighted by molar-refractivity contribution is 7.03. The molecule has 7 aromatic rings. The lowest BCUT2D eigenvalue weighted by atomic mass is 9.30. The van der Waals surface area contributed by atoms with Gasteiger partial charge in [0.05, 0.1) is 11.4 Å². The van der Waals surface area contributed by atoms with Gasteiger partial charge in [-0.1, -0.05) is 91.0 Å². The van der Waals surface area contributed by atoms with Gasteiger partial charge in [0.15, 0.2) is 0 Å². The Morgan fingerprint density at radius 3 is 1.43 bits per heavy atom. The highest BCUT2D eigenvalue weighted by atomic mass is 16.5. The molecule has 2 aromatic heterocycles. The van der Waals surface area contributed by atoms with Crippen molar-refractivity contribution in [2.24, 2.45) is 0 Å². The van der Waals surface area contributed by atoms with Crippen LogP contribution < -0.4 is 47.2 Å². The average Bonchev–Trinajstić information content (AvgIpc) is 3.13. The second-order valence-corrected chi connectivity index (χ2v) is 13.5. The molecule has 5 nitrogen and oxygen atoms in total. The number of aromatic nitrogens is 2. The molecule has 7 heteroatoms. The van der Waals surface area contributed by atoms with E-state index in [-0.39, 0.29) is 13.4 Å². The Kier molecular flexibility index (Phi) is 5.35. The van der Waals surface area contributed by atoms with Crippen molar-refractivity contribution < 1.29 is 9.47 Å². The van der Waals surface area contributed by atoms with Crippen molar-refractivity contribution in [1.82, 2.24) is 9.97 Å². The summed E-state index contributed by atoms with van der Waals surface area (Å²) in [4.78, 5) is 12.7. The van der Waals surface area contributed by atoms with Gasteiger partial charge in [0.25, 0.3) is 13.4 Å². The second kappa shape index (κ2) is 9.74. The van der Waals surface area contributed by atoms with Crippen molar-refractivity contribution in [3.63, 3.8) is 0 Å². The summed E-state index contributed by atoms with van der Waals surface area (Å²) in [6.07, 6.45) is 0. The minimum absolute atomic E-state index is 0.0263. The molecule has 6 heterocycles. The number of ether oxygens (including phenoxy) is 2. The van der Waals surface area contributed by atoms with Crippen molar-refractivity contribution in [1.29, 1.82) is 0 Å². The van der Waals surface area contributed by atoms with Gasteiger partial charge in [-0.2, -0.15) is 0 Å². The summed E-state index contributed by atoms with van der Waals surface area (Å²) >= 11 is 0. The van der Waals surface area contributed by atoms with E-state index in [0.717, 1.165) is 67.4 Å². The third-order valence-corrected chi connectivity index (χ3v) is 10.5. The molecule has 0 unspecified atom stereocenters. The molecule has 0 N–H and O–H groups in total. The summed E-state index contributed by atoms with van der Waals surface area (Å²) in [5.74, 6) is 3.07. The molecule has 0 atom stereocenters. The maximum absolute atomic E-state index is 6.74. The van der Waals surface area contributed by atoms with Crippen LogP contribution in [0.2, 0.25) is 0 Å². The zero-order chi connectivity index (χ0) is 32.4. The first-order valence-corrected chi connectivity index (χ1v) is 16.8. The lowest BCUT2D eigenvalue weighted by Crippen LogP contribution is -2.66. The SMILES string of the molecule is Cc1cc2c3c(c1)N1c4cc(C)cc5c4B(c4ccc(-c6ccccc6)nc4O5)c4cccc(c41)B3c1ccc(-c3ccccc3)nc1O2. The third-order valence-electron chi connectivity index (χ3n) is 10.5. The quantitative estimate of drug-likeness (QED) is 0.228. The Bertz CT molecular complexity index is 2380. The lowest BCUT2D eigenvalue weighted by Gasteiger charge is -2.46. The van der Waals surface area contributed by atoms with Crippen LogP contribution in [0.3, 0.4) is 0 Å². The van der Waals surface area contributed by atoms with Gasteiger partial charge in [0, 0.05) is 28.2 Å². The number of anilines is 3. The molecule has 228 valence electrons. The number of hydrogen-bond acceptors (Lipinski definition) is 5. The van der Waals surface area contributed by atoms with Gasteiger partial charge in [-0.15, -0.1) is 0 Å². The minimum atomic E-state index is -0.0263. The van der Waals surface area contributed by atoms with Crippen LogP contribution in [-0.4, -0.2) is 23.4 Å². The first-order chi connectivity index (χ1) is 24.1. The first kappa shape index (κ1) is 26.9. The highest BCUT2D eigenvalue weighted by Gasteiger charge is 2.49. The van der Waals surface area contributed by atoms with Crippen molar-refractivity contribution in [3.05, 3.63) is 139 Å². The van der Waals surface area contributed by atoms with E-state index in [4.69, 9.17) is 19.4 Å². The third kappa shape index (κ3) is 3.73. The Labute approximate surface area is 285 Å². The summed E-state index contributed by atoms with van der Waals surface area (Å²) in [7, 11) is 0. The molecule has 0 aliphatic carbocycles. The monoisotopic (exact) mass is 627 g/mol. The number of aryl methyl sites for hydroxylation is 2. The van der Waals surface area contributed by atoms with Crippen LogP contribution >= 0.6 is 0 Å².